The Morgan fingerprint density at radius 3 is 1.64 bits per heavy atom. The van der Waals surface area contributed by atoms with Gasteiger partial charge < -0.3 is 25.6 Å². The minimum Gasteiger partial charge on any atom is -0.478 e. The third-order valence-electron chi connectivity index (χ3n) is 3.84. The molecule has 0 aliphatic carbocycles. The molecule has 4 N–H and O–H groups in total. The summed E-state index contributed by atoms with van der Waals surface area (Å²) in [6.45, 7) is 3.60. The van der Waals surface area contributed by atoms with E-state index in [2.05, 4.69) is 46.7 Å². The molecule has 0 saturated heterocycles. The molecule has 0 fully saturated rings. The largest absolute Gasteiger partial charge is 0.478 e. The Labute approximate surface area is 236 Å². The van der Waals surface area contributed by atoms with Gasteiger partial charge in [0.2, 0.25) is 0 Å². The molecule has 36 heavy (non-hydrogen) atoms. The van der Waals surface area contributed by atoms with Gasteiger partial charge in [-0.2, -0.15) is 0 Å². The van der Waals surface area contributed by atoms with E-state index in [1.807, 2.05) is 13.8 Å². The summed E-state index contributed by atoms with van der Waals surface area (Å²) in [7, 11) is 2.58. The number of aromatic carboxylic acids is 1. The summed E-state index contributed by atoms with van der Waals surface area (Å²) in [5.41, 5.74) is 7.55. The van der Waals surface area contributed by atoms with Crippen molar-refractivity contribution in [2.24, 2.45) is 5.73 Å². The second-order valence-electron chi connectivity index (χ2n) is 6.37. The predicted molar refractivity (Wildman–Crippen MR) is 147 cm³/mol. The fourth-order valence-electron chi connectivity index (χ4n) is 1.97. The fraction of sp³-hybridized carbons (Fsp3) is 0.304. The number of carboxylic acid groups (broad SMARTS) is 1. The molecule has 0 saturated carbocycles. The summed E-state index contributed by atoms with van der Waals surface area (Å²) >= 11 is 16.2. The summed E-state index contributed by atoms with van der Waals surface area (Å²) in [5, 5.41) is 11.2. The highest BCUT2D eigenvalue weighted by Gasteiger charge is 2.08. The molecule has 0 radical (unpaired) electrons. The topological polar surface area (TPSA) is 145 Å². The van der Waals surface area contributed by atoms with Crippen LogP contribution in [-0.2, 0) is 19.1 Å². The molecule has 0 aromatic heterocycles. The maximum Gasteiger partial charge on any atom is 0.335 e. The quantitative estimate of drug-likeness (QED) is 0.307. The molecule has 13 heteroatoms. The molecule has 0 spiro atoms. The zero-order valence-electron chi connectivity index (χ0n) is 20.1. The Morgan fingerprint density at radius 1 is 0.889 bits per heavy atom. The Balaban J connectivity index is 0. The van der Waals surface area contributed by atoms with Crippen molar-refractivity contribution in [2.75, 3.05) is 32.6 Å². The second kappa shape index (κ2) is 21.0. The molecular weight excluding hydrogens is 647 g/mol. The van der Waals surface area contributed by atoms with E-state index in [1.54, 1.807) is 36.4 Å². The van der Waals surface area contributed by atoms with Crippen LogP contribution in [0.5, 0.6) is 0 Å². The number of halogens is 4. The van der Waals surface area contributed by atoms with Crippen LogP contribution in [0.25, 0.3) is 0 Å². The van der Waals surface area contributed by atoms with Gasteiger partial charge in [-0.3, -0.25) is 14.4 Å². The lowest BCUT2D eigenvalue weighted by Gasteiger charge is -2.05. The zero-order chi connectivity index (χ0) is 28.3. The lowest BCUT2D eigenvalue weighted by Crippen LogP contribution is -2.30. The summed E-state index contributed by atoms with van der Waals surface area (Å²) in [6, 6.07) is 10.2. The average molecular weight is 675 g/mol. The molecular formula is C23H28Br2Cl2N2O7. The molecule has 0 bridgehead atoms. The van der Waals surface area contributed by atoms with Crippen LogP contribution in [0.4, 0.5) is 0 Å². The first-order valence-corrected chi connectivity index (χ1v) is 12.5. The summed E-state index contributed by atoms with van der Waals surface area (Å²) < 4.78 is 10.4. The molecule has 2 aromatic rings. The Bertz CT molecular complexity index is 1000. The van der Waals surface area contributed by atoms with Crippen molar-refractivity contribution >= 4 is 78.9 Å². The van der Waals surface area contributed by atoms with Gasteiger partial charge in [-0.1, -0.05) is 31.9 Å². The summed E-state index contributed by atoms with van der Waals surface area (Å²) in [6.07, 6.45) is 0. The van der Waals surface area contributed by atoms with Crippen molar-refractivity contribution in [1.82, 2.24) is 5.32 Å². The van der Waals surface area contributed by atoms with Crippen LogP contribution in [-0.4, -0.2) is 61.6 Å². The minimum absolute atomic E-state index is 0.0312. The van der Waals surface area contributed by atoms with Gasteiger partial charge in [-0.25, -0.2) is 4.79 Å². The first kappa shape index (κ1) is 36.0. The Morgan fingerprint density at radius 2 is 1.31 bits per heavy atom. The maximum atomic E-state index is 11.6. The van der Waals surface area contributed by atoms with Crippen LogP contribution < -0.4 is 11.1 Å². The van der Waals surface area contributed by atoms with Crippen LogP contribution in [0, 0.1) is 13.8 Å². The van der Waals surface area contributed by atoms with E-state index < -0.39 is 11.9 Å². The number of carbonyl (C=O) groups excluding carboxylic acids is 3. The van der Waals surface area contributed by atoms with Crippen LogP contribution in [0.3, 0.4) is 0 Å². The van der Waals surface area contributed by atoms with Crippen LogP contribution >= 0.6 is 55.1 Å². The van der Waals surface area contributed by atoms with Crippen molar-refractivity contribution in [3.8, 4) is 0 Å². The van der Waals surface area contributed by atoms with E-state index in [9.17, 15) is 19.2 Å². The lowest BCUT2D eigenvalue weighted by atomic mass is 10.1. The highest BCUT2D eigenvalue weighted by Crippen LogP contribution is 2.17. The number of ether oxygens (including phenoxy) is 2. The van der Waals surface area contributed by atoms with Crippen molar-refractivity contribution in [3.05, 3.63) is 67.6 Å². The van der Waals surface area contributed by atoms with Gasteiger partial charge in [0.1, 0.15) is 6.54 Å². The lowest BCUT2D eigenvalue weighted by molar-refractivity contribution is -0.140. The van der Waals surface area contributed by atoms with E-state index in [0.29, 0.717) is 11.1 Å². The van der Waals surface area contributed by atoms with Crippen molar-refractivity contribution in [3.63, 3.8) is 0 Å². The normalized spacial score (nSPS) is 9.03. The highest BCUT2D eigenvalue weighted by atomic mass is 79.9. The fourth-order valence-corrected chi connectivity index (χ4v) is 2.47. The van der Waals surface area contributed by atoms with Gasteiger partial charge in [0.25, 0.3) is 5.91 Å². The SMILES string of the molecule is COC(=O)CN.COC(=O)CNC(=O)c1ccc(Br)c(C)c1.Cc1cc(C(=O)O)ccc1Br.ClCCl. The molecule has 0 heterocycles. The van der Waals surface area contributed by atoms with Crippen LogP contribution in [0.15, 0.2) is 45.3 Å². The highest BCUT2D eigenvalue weighted by molar-refractivity contribution is 9.10. The number of carbonyl (C=O) groups is 4. The van der Waals surface area contributed by atoms with Crippen molar-refractivity contribution in [1.29, 1.82) is 0 Å². The van der Waals surface area contributed by atoms with Gasteiger partial charge in [-0.05, 0) is 61.4 Å². The number of carboxylic acids is 1. The molecule has 0 atom stereocenters. The molecule has 1 amide bonds. The van der Waals surface area contributed by atoms with E-state index in [0.717, 1.165) is 20.1 Å². The van der Waals surface area contributed by atoms with Gasteiger partial charge in [0.15, 0.2) is 0 Å². The smallest absolute Gasteiger partial charge is 0.335 e. The van der Waals surface area contributed by atoms with Gasteiger partial charge in [0, 0.05) is 14.5 Å². The van der Waals surface area contributed by atoms with Crippen LogP contribution in [0.2, 0.25) is 0 Å². The average Bonchev–Trinajstić information content (AvgIpc) is 2.86. The number of hydrogen-bond donors (Lipinski definition) is 3. The number of nitrogens with one attached hydrogen (secondary N) is 1. The van der Waals surface area contributed by atoms with E-state index >= 15 is 0 Å². The maximum absolute atomic E-state index is 11.6. The number of hydrogen-bond acceptors (Lipinski definition) is 7. The molecule has 200 valence electrons. The first-order valence-electron chi connectivity index (χ1n) is 9.87. The minimum atomic E-state index is -0.888. The monoisotopic (exact) mass is 672 g/mol. The Kier molecular flexibility index (Phi) is 20.9. The standard InChI is InChI=1S/C11H12BrNO3.C8H7BrO2.C3H7NO2.CH2Cl2/c1-7-5-8(3-4-9(7)12)11(15)13-6-10(14)16-2;1-5-4-6(8(10)11)2-3-7(5)9;1-6-3(5)2-4;2-1-3/h3-5H,6H2,1-2H3,(H,13,15);2-4H,1H3,(H,10,11);2,4H2,1H3;1H2. The summed E-state index contributed by atoms with van der Waals surface area (Å²) in [5.74, 6) is -2.03. The summed E-state index contributed by atoms with van der Waals surface area (Å²) in [4.78, 5) is 42.7. The van der Waals surface area contributed by atoms with Gasteiger partial charge in [-0.15, -0.1) is 23.2 Å². The molecule has 0 aliphatic rings. The number of methoxy groups -OCH3 is 2. The third kappa shape index (κ3) is 16.5. The number of rotatable bonds is 5. The zero-order valence-corrected chi connectivity index (χ0v) is 24.8. The molecule has 0 aliphatic heterocycles. The molecule has 2 rings (SSSR count). The number of aryl methyl sites for hydroxylation is 2. The Hall–Kier alpha value is -2.18. The number of alkyl halides is 2. The number of benzene rings is 2. The van der Waals surface area contributed by atoms with Crippen LogP contribution in [0.1, 0.15) is 31.8 Å². The van der Waals surface area contributed by atoms with E-state index in [-0.39, 0.29) is 30.3 Å². The number of amides is 1. The third-order valence-corrected chi connectivity index (χ3v) is 5.62. The van der Waals surface area contributed by atoms with Crippen molar-refractivity contribution < 1.29 is 33.8 Å². The first-order chi connectivity index (χ1) is 16.9. The van der Waals surface area contributed by atoms with E-state index in [1.165, 1.54) is 14.2 Å². The van der Waals surface area contributed by atoms with Gasteiger partial charge >= 0.3 is 17.9 Å². The second-order valence-corrected chi connectivity index (χ2v) is 8.89. The number of nitrogens with two attached hydrogens (primary N) is 1. The molecule has 0 unspecified atom stereocenters. The molecule has 9 nitrogen and oxygen atoms in total. The molecule has 2 aromatic carbocycles. The predicted octanol–water partition coefficient (Wildman–Crippen LogP) is 4.66. The number of esters is 2. The van der Waals surface area contributed by atoms with Crippen molar-refractivity contribution in [2.45, 2.75) is 13.8 Å². The van der Waals surface area contributed by atoms with Gasteiger partial charge in [0.05, 0.1) is 31.7 Å². The van der Waals surface area contributed by atoms with E-state index in [4.69, 9.17) is 34.0 Å².